The van der Waals surface area contributed by atoms with Crippen LogP contribution in [0.2, 0.25) is 0 Å². The van der Waals surface area contributed by atoms with Gasteiger partial charge in [-0.3, -0.25) is 9.59 Å². The number of aliphatic hydroxyl groups excluding tert-OH is 2. The predicted molar refractivity (Wildman–Crippen MR) is 310 cm³/mol. The summed E-state index contributed by atoms with van der Waals surface area (Å²) in [5.74, 6) is -0.0201. The first-order valence-corrected chi connectivity index (χ1v) is 32.4. The summed E-state index contributed by atoms with van der Waals surface area (Å²) in [5, 5.41) is 23.3. The van der Waals surface area contributed by atoms with E-state index in [1.807, 2.05) is 0 Å². The normalized spacial score (nSPS) is 12.6. The third kappa shape index (κ3) is 57.7. The fraction of sp³-hybridized carbons (Fsp3) is 0.938. The Labute approximate surface area is 444 Å². The Balaban J connectivity index is 3.32. The van der Waals surface area contributed by atoms with Gasteiger partial charge in [-0.2, -0.15) is 0 Å². The van der Waals surface area contributed by atoms with E-state index in [0.29, 0.717) is 25.9 Å². The zero-order valence-electron chi connectivity index (χ0n) is 48.2. The fourth-order valence-electron chi connectivity index (χ4n) is 10.3. The minimum Gasteiger partial charge on any atom is -0.466 e. The molecule has 0 aliphatic carbocycles. The van der Waals surface area contributed by atoms with Crippen LogP contribution in [0, 0.1) is 0 Å². The van der Waals surface area contributed by atoms with E-state index in [4.69, 9.17) is 4.74 Å². The van der Waals surface area contributed by atoms with Gasteiger partial charge in [0.1, 0.15) is 0 Å². The van der Waals surface area contributed by atoms with Crippen LogP contribution in [-0.4, -0.2) is 47.4 Å². The zero-order chi connectivity index (χ0) is 51.4. The summed E-state index contributed by atoms with van der Waals surface area (Å²) < 4.78 is 5.46. The summed E-state index contributed by atoms with van der Waals surface area (Å²) in [6.07, 6.45) is 73.9. The molecule has 0 bridgehead atoms. The summed E-state index contributed by atoms with van der Waals surface area (Å²) in [7, 11) is 0. The SMILES string of the molecule is CCCC/C=C\CCCCCCCC(=O)OCCCCCCCCCCCCCCCCCCCCCCCCCCCCCCCC(=O)NC(CO)C(O)CCCCCCCCCCCCCCCC. The molecule has 0 fully saturated rings. The number of amides is 1. The second kappa shape index (κ2) is 61.1. The van der Waals surface area contributed by atoms with Crippen LogP contribution in [0.25, 0.3) is 0 Å². The number of ether oxygens (including phenoxy) is 1. The maximum Gasteiger partial charge on any atom is 0.305 e. The van der Waals surface area contributed by atoms with Crippen molar-refractivity contribution in [3.63, 3.8) is 0 Å². The molecule has 2 unspecified atom stereocenters. The van der Waals surface area contributed by atoms with Crippen molar-refractivity contribution in [1.82, 2.24) is 5.32 Å². The van der Waals surface area contributed by atoms with Crippen LogP contribution in [0.5, 0.6) is 0 Å². The summed E-state index contributed by atoms with van der Waals surface area (Å²) in [6.45, 7) is 4.94. The number of allylic oxidation sites excluding steroid dienone is 2. The topological polar surface area (TPSA) is 95.9 Å². The molecule has 0 radical (unpaired) electrons. The second-order valence-corrected chi connectivity index (χ2v) is 22.5. The minimum atomic E-state index is -0.660. The number of unbranched alkanes of at least 4 members (excludes halogenated alkanes) is 48. The van der Waals surface area contributed by atoms with E-state index < -0.39 is 12.1 Å². The Hall–Kier alpha value is -1.40. The van der Waals surface area contributed by atoms with E-state index in [9.17, 15) is 19.8 Å². The molecule has 6 heteroatoms. The summed E-state index contributed by atoms with van der Waals surface area (Å²) in [6, 6.07) is -0.537. The highest BCUT2D eigenvalue weighted by atomic mass is 16.5. The lowest BCUT2D eigenvalue weighted by Crippen LogP contribution is -2.45. The lowest BCUT2D eigenvalue weighted by molar-refractivity contribution is -0.143. The van der Waals surface area contributed by atoms with Crippen LogP contribution < -0.4 is 5.32 Å². The molecule has 0 saturated carbocycles. The first-order valence-electron chi connectivity index (χ1n) is 32.4. The van der Waals surface area contributed by atoms with Crippen LogP contribution in [0.3, 0.4) is 0 Å². The Morgan fingerprint density at radius 3 is 1.04 bits per heavy atom. The van der Waals surface area contributed by atoms with E-state index >= 15 is 0 Å². The lowest BCUT2D eigenvalue weighted by atomic mass is 10.0. The van der Waals surface area contributed by atoms with Crippen molar-refractivity contribution in [3.8, 4) is 0 Å². The van der Waals surface area contributed by atoms with Gasteiger partial charge < -0.3 is 20.3 Å². The average Bonchev–Trinajstić information content (AvgIpc) is 3.37. The van der Waals surface area contributed by atoms with Crippen LogP contribution >= 0.6 is 0 Å². The van der Waals surface area contributed by atoms with Gasteiger partial charge in [0.05, 0.1) is 25.4 Å². The monoisotopic (exact) mass is 1000 g/mol. The van der Waals surface area contributed by atoms with Gasteiger partial charge in [0.25, 0.3) is 0 Å². The minimum absolute atomic E-state index is 0.00886. The van der Waals surface area contributed by atoms with Crippen LogP contribution in [-0.2, 0) is 14.3 Å². The zero-order valence-corrected chi connectivity index (χ0v) is 48.2. The average molecular weight is 1000 g/mol. The highest BCUT2D eigenvalue weighted by Crippen LogP contribution is 2.19. The van der Waals surface area contributed by atoms with Crippen molar-refractivity contribution >= 4 is 11.9 Å². The van der Waals surface area contributed by atoms with E-state index in [0.717, 1.165) is 44.9 Å². The smallest absolute Gasteiger partial charge is 0.305 e. The Bertz CT molecular complexity index is 1060. The summed E-state index contributed by atoms with van der Waals surface area (Å²) in [5.41, 5.74) is 0. The predicted octanol–water partition coefficient (Wildman–Crippen LogP) is 20.4. The van der Waals surface area contributed by atoms with Crippen LogP contribution in [0.15, 0.2) is 12.2 Å². The molecule has 0 heterocycles. The molecule has 2 atom stereocenters. The molecule has 0 aromatic carbocycles. The molecule has 0 aromatic rings. The second-order valence-electron chi connectivity index (χ2n) is 22.5. The maximum absolute atomic E-state index is 12.5. The third-order valence-corrected chi connectivity index (χ3v) is 15.3. The van der Waals surface area contributed by atoms with Gasteiger partial charge in [-0.1, -0.05) is 321 Å². The van der Waals surface area contributed by atoms with Gasteiger partial charge in [-0.05, 0) is 44.9 Å². The van der Waals surface area contributed by atoms with Crippen molar-refractivity contribution in [3.05, 3.63) is 12.2 Å². The summed E-state index contributed by atoms with van der Waals surface area (Å²) in [4.78, 5) is 24.5. The molecule has 0 aliphatic heterocycles. The van der Waals surface area contributed by atoms with E-state index in [1.165, 1.54) is 289 Å². The van der Waals surface area contributed by atoms with Crippen LogP contribution in [0.1, 0.15) is 367 Å². The molecule has 0 spiro atoms. The molecule has 0 aromatic heterocycles. The van der Waals surface area contributed by atoms with Crippen molar-refractivity contribution in [1.29, 1.82) is 0 Å². The van der Waals surface area contributed by atoms with E-state index in [-0.39, 0.29) is 18.5 Å². The largest absolute Gasteiger partial charge is 0.466 e. The van der Waals surface area contributed by atoms with Gasteiger partial charge >= 0.3 is 5.97 Å². The quantitative estimate of drug-likeness (QED) is 0.0320. The molecule has 0 rings (SSSR count). The molecular formula is C65H127NO5. The maximum atomic E-state index is 12.5. The van der Waals surface area contributed by atoms with Gasteiger partial charge in [0.2, 0.25) is 5.91 Å². The van der Waals surface area contributed by atoms with Gasteiger partial charge in [-0.25, -0.2) is 0 Å². The molecule has 71 heavy (non-hydrogen) atoms. The number of hydrogen-bond donors (Lipinski definition) is 3. The highest BCUT2D eigenvalue weighted by molar-refractivity contribution is 5.76. The van der Waals surface area contributed by atoms with Crippen LogP contribution in [0.4, 0.5) is 0 Å². The van der Waals surface area contributed by atoms with E-state index in [1.54, 1.807) is 0 Å². The first-order chi connectivity index (χ1) is 35.0. The standard InChI is InChI=1S/C65H127NO5/c1-3-5-7-9-11-13-15-16-34-38-41-45-49-53-57-63(68)62(61-67)66-64(69)58-54-50-46-42-39-35-32-30-28-26-24-22-20-18-17-19-21-23-25-27-29-31-33-36-40-44-48-52-56-60-71-65(70)59-55-51-47-43-37-14-12-10-8-6-4-2/h10,12,62-63,67-68H,3-9,11,13-61H2,1-2H3,(H,66,69)/b12-10-. The number of rotatable bonds is 61. The highest BCUT2D eigenvalue weighted by Gasteiger charge is 2.20. The van der Waals surface area contributed by atoms with Crippen molar-refractivity contribution < 1.29 is 24.5 Å². The number of hydrogen-bond acceptors (Lipinski definition) is 5. The Kier molecular flexibility index (Phi) is 59.9. The molecule has 0 aliphatic rings. The fourth-order valence-corrected chi connectivity index (χ4v) is 10.3. The summed E-state index contributed by atoms with van der Waals surface area (Å²) >= 11 is 0. The van der Waals surface area contributed by atoms with Crippen molar-refractivity contribution in [2.75, 3.05) is 13.2 Å². The number of esters is 1. The number of carbonyl (C=O) groups excluding carboxylic acids is 2. The molecular weight excluding hydrogens is 875 g/mol. The van der Waals surface area contributed by atoms with Gasteiger partial charge in [0.15, 0.2) is 0 Å². The van der Waals surface area contributed by atoms with E-state index in [2.05, 4.69) is 31.3 Å². The molecule has 6 nitrogen and oxygen atoms in total. The molecule has 3 N–H and O–H groups in total. The van der Waals surface area contributed by atoms with Crippen molar-refractivity contribution in [2.45, 2.75) is 379 Å². The third-order valence-electron chi connectivity index (χ3n) is 15.3. The lowest BCUT2D eigenvalue weighted by Gasteiger charge is -2.22. The number of nitrogens with one attached hydrogen (secondary N) is 1. The first kappa shape index (κ1) is 69.6. The molecule has 0 saturated heterocycles. The molecule has 422 valence electrons. The Morgan fingerprint density at radius 1 is 0.380 bits per heavy atom. The van der Waals surface area contributed by atoms with Gasteiger partial charge in [0, 0.05) is 12.8 Å². The van der Waals surface area contributed by atoms with Crippen molar-refractivity contribution in [2.24, 2.45) is 0 Å². The number of carbonyl (C=O) groups is 2. The van der Waals surface area contributed by atoms with Gasteiger partial charge in [-0.15, -0.1) is 0 Å². The molecule has 1 amide bonds. The number of aliphatic hydroxyl groups is 2. The Morgan fingerprint density at radius 2 is 0.676 bits per heavy atom.